The molecule has 3 nitrogen and oxygen atoms in total. The topological polar surface area (TPSA) is 31.2 Å². The van der Waals surface area contributed by atoms with Gasteiger partial charge in [0, 0.05) is 11.6 Å². The van der Waals surface area contributed by atoms with E-state index in [1.807, 2.05) is 30.3 Å². The molecule has 0 saturated carbocycles. The van der Waals surface area contributed by atoms with Crippen molar-refractivity contribution in [3.8, 4) is 0 Å². The first-order chi connectivity index (χ1) is 11.9. The van der Waals surface area contributed by atoms with E-state index in [4.69, 9.17) is 39.5 Å². The molecule has 0 radical (unpaired) electrons. The number of benzene rings is 3. The van der Waals surface area contributed by atoms with Crippen molar-refractivity contribution >= 4 is 73.3 Å². The third-order valence-corrected chi connectivity index (χ3v) is 4.46. The summed E-state index contributed by atoms with van der Waals surface area (Å²) in [6, 6.07) is 18.1. The number of alkyl halides is 3. The van der Waals surface area contributed by atoms with Crippen molar-refractivity contribution in [2.45, 2.75) is 3.79 Å². The molecule has 0 amide bonds. The van der Waals surface area contributed by atoms with E-state index in [0.717, 1.165) is 32.4 Å². The standard InChI is InChI=1S/C19H12Cl3NO2/c20-19(21,22)11-25-18(24)23-10-9-15-16(23)8-7-13-6-5-12-3-1-2-4-14(12)17(13)15/h1-10H,11H2. The molecule has 0 bridgehead atoms. The van der Waals surface area contributed by atoms with Crippen molar-refractivity contribution in [3.63, 3.8) is 0 Å². The van der Waals surface area contributed by atoms with Crippen molar-refractivity contribution in [1.82, 2.24) is 4.57 Å². The highest BCUT2D eigenvalue weighted by Gasteiger charge is 2.23. The second-order valence-corrected chi connectivity index (χ2v) is 8.25. The quantitative estimate of drug-likeness (QED) is 0.281. The van der Waals surface area contributed by atoms with Crippen molar-refractivity contribution in [3.05, 3.63) is 60.8 Å². The third kappa shape index (κ3) is 3.04. The van der Waals surface area contributed by atoms with Crippen molar-refractivity contribution in [1.29, 1.82) is 0 Å². The van der Waals surface area contributed by atoms with E-state index in [-0.39, 0.29) is 6.61 Å². The minimum Gasteiger partial charge on any atom is -0.444 e. The predicted octanol–water partition coefficient (Wildman–Crippen LogP) is 6.30. The molecule has 25 heavy (non-hydrogen) atoms. The minimum atomic E-state index is -1.64. The van der Waals surface area contributed by atoms with Gasteiger partial charge in [0.05, 0.1) is 5.52 Å². The summed E-state index contributed by atoms with van der Waals surface area (Å²) in [6.45, 7) is -0.313. The van der Waals surface area contributed by atoms with Crippen LogP contribution in [0.3, 0.4) is 0 Å². The highest BCUT2D eigenvalue weighted by Crippen LogP contribution is 2.33. The maximum atomic E-state index is 12.3. The third-order valence-electron chi connectivity index (χ3n) is 4.13. The van der Waals surface area contributed by atoms with Crippen molar-refractivity contribution in [2.75, 3.05) is 6.61 Å². The molecule has 126 valence electrons. The van der Waals surface area contributed by atoms with Crippen LogP contribution in [0.5, 0.6) is 0 Å². The fraction of sp³-hybridized carbons (Fsp3) is 0.105. The Morgan fingerprint density at radius 1 is 0.920 bits per heavy atom. The van der Waals surface area contributed by atoms with Crippen LogP contribution in [0.15, 0.2) is 60.8 Å². The number of rotatable bonds is 1. The number of carbonyl (C=O) groups excluding carboxylic acids is 1. The van der Waals surface area contributed by atoms with E-state index < -0.39 is 9.89 Å². The second kappa shape index (κ2) is 6.10. The summed E-state index contributed by atoms with van der Waals surface area (Å²) < 4.78 is 4.87. The second-order valence-electron chi connectivity index (χ2n) is 5.74. The van der Waals surface area contributed by atoms with Gasteiger partial charge in [0.1, 0.15) is 6.61 Å². The number of hydrogen-bond donors (Lipinski definition) is 0. The number of fused-ring (bicyclic) bond motifs is 5. The van der Waals surface area contributed by atoms with Gasteiger partial charge in [-0.05, 0) is 33.7 Å². The predicted molar refractivity (Wildman–Crippen MR) is 104 cm³/mol. The van der Waals surface area contributed by atoms with Crippen LogP contribution in [0.2, 0.25) is 0 Å². The Labute approximate surface area is 158 Å². The molecule has 0 atom stereocenters. The van der Waals surface area contributed by atoms with Crippen LogP contribution in [0.4, 0.5) is 4.79 Å². The summed E-state index contributed by atoms with van der Waals surface area (Å²) >= 11 is 16.9. The van der Waals surface area contributed by atoms with Gasteiger partial charge in [-0.15, -0.1) is 0 Å². The average molecular weight is 393 g/mol. The lowest BCUT2D eigenvalue weighted by atomic mass is 9.99. The molecular weight excluding hydrogens is 381 g/mol. The van der Waals surface area contributed by atoms with Gasteiger partial charge in [0.2, 0.25) is 3.79 Å². The smallest absolute Gasteiger partial charge is 0.418 e. The fourth-order valence-corrected chi connectivity index (χ4v) is 3.26. The summed E-state index contributed by atoms with van der Waals surface area (Å²) in [7, 11) is 0. The number of aromatic nitrogens is 1. The number of halogens is 3. The maximum absolute atomic E-state index is 12.3. The van der Waals surface area contributed by atoms with Gasteiger partial charge in [0.15, 0.2) is 0 Å². The molecule has 0 saturated heterocycles. The van der Waals surface area contributed by atoms with Crippen LogP contribution < -0.4 is 0 Å². The van der Waals surface area contributed by atoms with E-state index >= 15 is 0 Å². The molecule has 0 fully saturated rings. The molecule has 4 aromatic rings. The lowest BCUT2D eigenvalue weighted by Crippen LogP contribution is -2.20. The molecule has 0 unspecified atom stereocenters. The molecule has 4 rings (SSSR count). The van der Waals surface area contributed by atoms with Crippen LogP contribution in [-0.4, -0.2) is 21.1 Å². The zero-order valence-corrected chi connectivity index (χ0v) is 15.1. The van der Waals surface area contributed by atoms with Gasteiger partial charge in [-0.1, -0.05) is 77.3 Å². The summed E-state index contributed by atoms with van der Waals surface area (Å²) in [5.41, 5.74) is 0.748. The first-order valence-electron chi connectivity index (χ1n) is 7.59. The Hall–Kier alpha value is -1.94. The molecule has 3 aromatic carbocycles. The molecule has 0 aliphatic rings. The van der Waals surface area contributed by atoms with Crippen LogP contribution in [-0.2, 0) is 4.74 Å². The molecule has 0 N–H and O–H groups in total. The Morgan fingerprint density at radius 3 is 2.44 bits per heavy atom. The minimum absolute atomic E-state index is 0.313. The summed E-state index contributed by atoms with van der Waals surface area (Å²) in [4.78, 5) is 12.3. The lowest BCUT2D eigenvalue weighted by Gasteiger charge is -2.12. The van der Waals surface area contributed by atoms with E-state index in [1.54, 1.807) is 6.20 Å². The SMILES string of the molecule is O=C(OCC(Cl)(Cl)Cl)n1ccc2c3c(ccc4ccccc43)ccc21. The van der Waals surface area contributed by atoms with Crippen LogP contribution in [0, 0.1) is 0 Å². The largest absolute Gasteiger partial charge is 0.444 e. The van der Waals surface area contributed by atoms with Gasteiger partial charge < -0.3 is 4.74 Å². The zero-order chi connectivity index (χ0) is 17.6. The molecule has 6 heteroatoms. The Balaban J connectivity index is 1.88. The average Bonchev–Trinajstić information content (AvgIpc) is 3.03. The Morgan fingerprint density at radius 2 is 1.64 bits per heavy atom. The van der Waals surface area contributed by atoms with Gasteiger partial charge in [-0.3, -0.25) is 4.57 Å². The van der Waals surface area contributed by atoms with E-state index in [9.17, 15) is 4.79 Å². The van der Waals surface area contributed by atoms with E-state index in [2.05, 4.69) is 24.3 Å². The van der Waals surface area contributed by atoms with Crippen molar-refractivity contribution < 1.29 is 9.53 Å². The summed E-state index contributed by atoms with van der Waals surface area (Å²) in [5, 5.41) is 5.47. The van der Waals surface area contributed by atoms with Crippen LogP contribution >= 0.6 is 34.8 Å². The molecule has 0 aliphatic heterocycles. The number of hydrogen-bond acceptors (Lipinski definition) is 2. The lowest BCUT2D eigenvalue weighted by molar-refractivity contribution is 0.151. The van der Waals surface area contributed by atoms with Gasteiger partial charge in [0.25, 0.3) is 0 Å². The summed E-state index contributed by atoms with van der Waals surface area (Å²) in [5.74, 6) is 0. The first-order valence-corrected chi connectivity index (χ1v) is 8.73. The molecule has 1 heterocycles. The van der Waals surface area contributed by atoms with Crippen LogP contribution in [0.1, 0.15) is 0 Å². The van der Waals surface area contributed by atoms with Crippen LogP contribution in [0.25, 0.3) is 32.4 Å². The van der Waals surface area contributed by atoms with E-state index in [1.165, 1.54) is 4.57 Å². The normalized spacial score (nSPS) is 12.1. The molecule has 1 aromatic heterocycles. The maximum Gasteiger partial charge on any atom is 0.418 e. The molecule has 0 aliphatic carbocycles. The fourth-order valence-electron chi connectivity index (χ4n) is 3.09. The Bertz CT molecular complexity index is 1110. The number of ether oxygens (including phenoxy) is 1. The number of nitrogens with zero attached hydrogens (tertiary/aromatic N) is 1. The van der Waals surface area contributed by atoms with E-state index in [0.29, 0.717) is 0 Å². The highest BCUT2D eigenvalue weighted by molar-refractivity contribution is 6.67. The van der Waals surface area contributed by atoms with Crippen molar-refractivity contribution in [2.24, 2.45) is 0 Å². The van der Waals surface area contributed by atoms with Gasteiger partial charge >= 0.3 is 6.09 Å². The number of carbonyl (C=O) groups is 1. The van der Waals surface area contributed by atoms with Gasteiger partial charge in [-0.2, -0.15) is 0 Å². The zero-order valence-electron chi connectivity index (χ0n) is 12.9. The first kappa shape index (κ1) is 16.5. The Kier molecular flexibility index (Phi) is 4.03. The monoisotopic (exact) mass is 391 g/mol. The highest BCUT2D eigenvalue weighted by atomic mass is 35.6. The molecule has 0 spiro atoms. The molecular formula is C19H12Cl3NO2. The summed E-state index contributed by atoms with van der Waals surface area (Å²) in [6.07, 6.45) is 1.09. The van der Waals surface area contributed by atoms with Gasteiger partial charge in [-0.25, -0.2) is 4.79 Å².